The van der Waals surface area contributed by atoms with Crippen LogP contribution in [0.5, 0.6) is 5.88 Å². The van der Waals surface area contributed by atoms with Crippen LogP contribution >= 0.6 is 0 Å². The zero-order valence-electron chi connectivity index (χ0n) is 9.52. The molecule has 2 aliphatic heterocycles. The Morgan fingerprint density at radius 1 is 1.50 bits per heavy atom. The van der Waals surface area contributed by atoms with Gasteiger partial charge >= 0.3 is 0 Å². The zero-order chi connectivity index (χ0) is 11.0. The number of aromatic nitrogens is 1. The number of nitrogens with one attached hydrogen (secondary N) is 1. The lowest BCUT2D eigenvalue weighted by atomic mass is 9.85. The number of fused-ring (bicyclic) bond motifs is 1. The van der Waals surface area contributed by atoms with Crippen molar-refractivity contribution in [1.29, 1.82) is 0 Å². The van der Waals surface area contributed by atoms with E-state index in [-0.39, 0.29) is 0 Å². The van der Waals surface area contributed by atoms with Gasteiger partial charge in [-0.25, -0.2) is 4.98 Å². The molecule has 3 rings (SSSR count). The van der Waals surface area contributed by atoms with Crippen LogP contribution in [0, 0.1) is 5.92 Å². The molecule has 1 N–H and O–H groups in total. The van der Waals surface area contributed by atoms with Gasteiger partial charge in [-0.2, -0.15) is 0 Å². The number of anilines is 1. The number of rotatable bonds is 2. The number of pyridine rings is 1. The van der Waals surface area contributed by atoms with E-state index < -0.39 is 0 Å². The lowest BCUT2D eigenvalue weighted by Gasteiger charge is -2.46. The number of methoxy groups -OCH3 is 1. The first kappa shape index (κ1) is 9.90. The Kier molecular flexibility index (Phi) is 2.44. The highest BCUT2D eigenvalue weighted by molar-refractivity contribution is 5.46. The summed E-state index contributed by atoms with van der Waals surface area (Å²) in [6.07, 6.45) is 3.20. The van der Waals surface area contributed by atoms with E-state index in [2.05, 4.69) is 21.3 Å². The average molecular weight is 219 g/mol. The summed E-state index contributed by atoms with van der Waals surface area (Å²) in [6.45, 7) is 3.47. The molecule has 86 valence electrons. The Balaban J connectivity index is 1.71. The first-order valence-corrected chi connectivity index (χ1v) is 5.85. The van der Waals surface area contributed by atoms with Crippen LogP contribution in [-0.4, -0.2) is 37.8 Å². The molecule has 0 spiro atoms. The summed E-state index contributed by atoms with van der Waals surface area (Å²) in [6, 6.07) is 4.70. The van der Waals surface area contributed by atoms with Crippen molar-refractivity contribution >= 4 is 5.69 Å². The molecule has 2 saturated heterocycles. The molecule has 0 amide bonds. The largest absolute Gasteiger partial charge is 0.481 e. The molecule has 0 bridgehead atoms. The van der Waals surface area contributed by atoms with E-state index in [4.69, 9.17) is 4.74 Å². The van der Waals surface area contributed by atoms with Crippen molar-refractivity contribution in [2.24, 2.45) is 5.92 Å². The lowest BCUT2D eigenvalue weighted by molar-refractivity contribution is 0.197. The molecular weight excluding hydrogens is 202 g/mol. The summed E-state index contributed by atoms with van der Waals surface area (Å²) in [7, 11) is 1.64. The fourth-order valence-electron chi connectivity index (χ4n) is 2.53. The molecule has 1 aromatic rings. The third-order valence-electron chi connectivity index (χ3n) is 3.69. The first-order valence-electron chi connectivity index (χ1n) is 5.85. The highest BCUT2D eigenvalue weighted by atomic mass is 16.5. The number of piperidine rings is 1. The van der Waals surface area contributed by atoms with Gasteiger partial charge in [0.25, 0.3) is 0 Å². The minimum Gasteiger partial charge on any atom is -0.481 e. The Morgan fingerprint density at radius 3 is 3.00 bits per heavy atom. The van der Waals surface area contributed by atoms with Gasteiger partial charge < -0.3 is 15.0 Å². The van der Waals surface area contributed by atoms with E-state index in [1.165, 1.54) is 18.7 Å². The fraction of sp³-hybridized carbons (Fsp3) is 0.583. The van der Waals surface area contributed by atoms with Crippen molar-refractivity contribution < 1.29 is 4.74 Å². The average Bonchev–Trinajstić information content (AvgIpc) is 2.31. The van der Waals surface area contributed by atoms with Crippen molar-refractivity contribution in [3.63, 3.8) is 0 Å². The maximum Gasteiger partial charge on any atom is 0.213 e. The van der Waals surface area contributed by atoms with Crippen LogP contribution in [0.1, 0.15) is 6.42 Å². The van der Waals surface area contributed by atoms with Crippen molar-refractivity contribution in [2.75, 3.05) is 31.6 Å². The van der Waals surface area contributed by atoms with Gasteiger partial charge in [0, 0.05) is 25.2 Å². The van der Waals surface area contributed by atoms with E-state index in [1.54, 1.807) is 7.11 Å². The Labute approximate surface area is 95.6 Å². The third kappa shape index (κ3) is 1.63. The van der Waals surface area contributed by atoms with E-state index in [0.29, 0.717) is 11.9 Å². The van der Waals surface area contributed by atoms with Crippen LogP contribution in [-0.2, 0) is 0 Å². The van der Waals surface area contributed by atoms with E-state index in [1.807, 2.05) is 12.3 Å². The number of nitrogens with zero attached hydrogens (tertiary/aromatic N) is 2. The molecule has 1 aromatic heterocycles. The summed E-state index contributed by atoms with van der Waals surface area (Å²) in [5.41, 5.74) is 1.20. The minimum absolute atomic E-state index is 0.681. The van der Waals surface area contributed by atoms with Crippen LogP contribution in [0.15, 0.2) is 18.3 Å². The van der Waals surface area contributed by atoms with Crippen LogP contribution in [0.2, 0.25) is 0 Å². The van der Waals surface area contributed by atoms with Crippen LogP contribution in [0.4, 0.5) is 5.69 Å². The zero-order valence-corrected chi connectivity index (χ0v) is 9.52. The topological polar surface area (TPSA) is 37.4 Å². The summed E-state index contributed by atoms with van der Waals surface area (Å²) in [5.74, 6) is 1.59. The number of ether oxygens (including phenoxy) is 1. The smallest absolute Gasteiger partial charge is 0.213 e. The highest BCUT2D eigenvalue weighted by Crippen LogP contribution is 2.27. The number of hydrogen-bond acceptors (Lipinski definition) is 4. The molecule has 0 saturated carbocycles. The second kappa shape index (κ2) is 3.94. The molecule has 2 aliphatic rings. The third-order valence-corrected chi connectivity index (χ3v) is 3.69. The molecule has 0 aliphatic carbocycles. The second-order valence-electron chi connectivity index (χ2n) is 4.57. The molecule has 4 nitrogen and oxygen atoms in total. The quantitative estimate of drug-likeness (QED) is 0.801. The van der Waals surface area contributed by atoms with Gasteiger partial charge in [0.15, 0.2) is 0 Å². The summed E-state index contributed by atoms with van der Waals surface area (Å²) < 4.78 is 5.06. The maximum atomic E-state index is 5.06. The maximum absolute atomic E-state index is 5.06. The Hall–Kier alpha value is -1.29. The van der Waals surface area contributed by atoms with Gasteiger partial charge in [-0.05, 0) is 24.9 Å². The summed E-state index contributed by atoms with van der Waals surface area (Å²) >= 11 is 0. The van der Waals surface area contributed by atoms with Gasteiger partial charge in [-0.3, -0.25) is 0 Å². The van der Waals surface area contributed by atoms with Crippen LogP contribution < -0.4 is 15.0 Å². The van der Waals surface area contributed by atoms with Crippen LogP contribution in [0.3, 0.4) is 0 Å². The predicted octanol–water partition coefficient (Wildman–Crippen LogP) is 0.888. The van der Waals surface area contributed by atoms with Crippen molar-refractivity contribution in [2.45, 2.75) is 12.5 Å². The Morgan fingerprint density at radius 2 is 2.44 bits per heavy atom. The van der Waals surface area contributed by atoms with Gasteiger partial charge in [0.05, 0.1) is 19.0 Å². The van der Waals surface area contributed by atoms with E-state index in [0.717, 1.165) is 19.0 Å². The summed E-state index contributed by atoms with van der Waals surface area (Å²) in [5, 5.41) is 3.48. The SMILES string of the molecule is COc1ccc(N2CC[C@@H]3CN[C@@H]3C2)cn1. The molecule has 0 aromatic carbocycles. The Bertz CT molecular complexity index is 365. The predicted molar refractivity (Wildman–Crippen MR) is 62.9 cm³/mol. The highest BCUT2D eigenvalue weighted by Gasteiger charge is 2.35. The fourth-order valence-corrected chi connectivity index (χ4v) is 2.53. The standard InChI is InChI=1S/C12H17N3O/c1-16-12-3-2-10(7-14-12)15-5-4-9-6-13-11(9)8-15/h2-3,7,9,11,13H,4-6,8H2,1H3/t9-,11-/m1/s1. The van der Waals surface area contributed by atoms with Gasteiger partial charge in [-0.15, -0.1) is 0 Å². The van der Waals surface area contributed by atoms with Crippen molar-refractivity contribution in [3.05, 3.63) is 18.3 Å². The molecule has 4 heteroatoms. The van der Waals surface area contributed by atoms with Crippen molar-refractivity contribution in [1.82, 2.24) is 10.3 Å². The molecule has 0 radical (unpaired) electrons. The number of hydrogen-bond donors (Lipinski definition) is 1. The molecular formula is C12H17N3O. The molecule has 16 heavy (non-hydrogen) atoms. The summed E-state index contributed by atoms with van der Waals surface area (Å²) in [4.78, 5) is 6.65. The van der Waals surface area contributed by atoms with E-state index >= 15 is 0 Å². The van der Waals surface area contributed by atoms with Crippen LogP contribution in [0.25, 0.3) is 0 Å². The molecule has 2 atom stereocenters. The van der Waals surface area contributed by atoms with Gasteiger partial charge in [-0.1, -0.05) is 0 Å². The molecule has 3 heterocycles. The first-order chi connectivity index (χ1) is 7.86. The van der Waals surface area contributed by atoms with Gasteiger partial charge in [0.2, 0.25) is 5.88 Å². The normalized spacial score (nSPS) is 28.2. The second-order valence-corrected chi connectivity index (χ2v) is 4.57. The van der Waals surface area contributed by atoms with E-state index in [9.17, 15) is 0 Å². The van der Waals surface area contributed by atoms with Crippen molar-refractivity contribution in [3.8, 4) is 5.88 Å². The lowest BCUT2D eigenvalue weighted by Crippen LogP contribution is -2.62. The minimum atomic E-state index is 0.681. The molecule has 2 fully saturated rings. The monoisotopic (exact) mass is 219 g/mol. The molecule has 0 unspecified atom stereocenters. The van der Waals surface area contributed by atoms with Gasteiger partial charge in [0.1, 0.15) is 0 Å².